The Labute approximate surface area is 117 Å². The lowest BCUT2D eigenvalue weighted by Gasteiger charge is -2.18. The standard InChI is InChI=1S/C12H13F2NO4S/c13-12(14)20-6-8-3-4-9(19-8)11(18)15(5-10(16)17)7-1-2-7/h3-4,7,12H,1-2,5-6H2,(H,16,17). The summed E-state index contributed by atoms with van der Waals surface area (Å²) in [4.78, 5) is 24.1. The lowest BCUT2D eigenvalue weighted by atomic mass is 10.3. The lowest BCUT2D eigenvalue weighted by molar-refractivity contribution is -0.137. The van der Waals surface area contributed by atoms with Crippen molar-refractivity contribution in [1.82, 2.24) is 4.90 Å². The molecule has 0 atom stereocenters. The summed E-state index contributed by atoms with van der Waals surface area (Å²) in [7, 11) is 0. The van der Waals surface area contributed by atoms with Crippen molar-refractivity contribution in [2.45, 2.75) is 30.4 Å². The van der Waals surface area contributed by atoms with Crippen LogP contribution in [-0.4, -0.2) is 40.2 Å². The minimum absolute atomic E-state index is 0.0111. The van der Waals surface area contributed by atoms with E-state index < -0.39 is 17.6 Å². The Kier molecular flexibility index (Phi) is 4.64. The molecule has 0 unspecified atom stereocenters. The maximum atomic E-state index is 12.1. The molecular weight excluding hydrogens is 292 g/mol. The molecule has 0 spiro atoms. The largest absolute Gasteiger partial charge is 0.480 e. The Hall–Kier alpha value is -1.57. The smallest absolute Gasteiger partial charge is 0.323 e. The van der Waals surface area contributed by atoms with Crippen LogP contribution in [0.15, 0.2) is 16.5 Å². The molecule has 0 aliphatic heterocycles. The summed E-state index contributed by atoms with van der Waals surface area (Å²) in [5.74, 6) is -3.89. The first kappa shape index (κ1) is 14.8. The zero-order chi connectivity index (χ0) is 14.7. The molecule has 1 aliphatic carbocycles. The van der Waals surface area contributed by atoms with Crippen LogP contribution in [0.1, 0.15) is 29.2 Å². The first-order valence-electron chi connectivity index (χ1n) is 5.98. The number of carbonyl (C=O) groups is 2. The molecule has 5 nitrogen and oxygen atoms in total. The van der Waals surface area contributed by atoms with Gasteiger partial charge in [-0.15, -0.1) is 0 Å². The van der Waals surface area contributed by atoms with Crippen molar-refractivity contribution in [2.75, 3.05) is 6.54 Å². The van der Waals surface area contributed by atoms with Crippen LogP contribution in [0.25, 0.3) is 0 Å². The fourth-order valence-corrected chi connectivity index (χ4v) is 2.20. The molecule has 1 heterocycles. The Morgan fingerprint density at radius 1 is 1.45 bits per heavy atom. The number of nitrogens with zero attached hydrogens (tertiary/aromatic N) is 1. The Bertz CT molecular complexity index is 501. The Balaban J connectivity index is 2.01. The van der Waals surface area contributed by atoms with E-state index in [1.54, 1.807) is 0 Å². The van der Waals surface area contributed by atoms with Crippen LogP contribution < -0.4 is 0 Å². The van der Waals surface area contributed by atoms with Gasteiger partial charge in [-0.05, 0) is 25.0 Å². The van der Waals surface area contributed by atoms with Gasteiger partial charge in [-0.25, -0.2) is 0 Å². The average molecular weight is 305 g/mol. The molecule has 1 aromatic heterocycles. The average Bonchev–Trinajstić information content (AvgIpc) is 3.10. The van der Waals surface area contributed by atoms with E-state index in [0.29, 0.717) is 11.8 Å². The van der Waals surface area contributed by atoms with E-state index in [1.807, 2.05) is 0 Å². The summed E-state index contributed by atoms with van der Waals surface area (Å²) in [5, 5.41) is 8.80. The lowest BCUT2D eigenvalue weighted by Crippen LogP contribution is -2.37. The number of carboxylic acids is 1. The topological polar surface area (TPSA) is 70.8 Å². The van der Waals surface area contributed by atoms with Crippen molar-refractivity contribution in [3.63, 3.8) is 0 Å². The van der Waals surface area contributed by atoms with Crippen molar-refractivity contribution in [3.05, 3.63) is 23.7 Å². The van der Waals surface area contributed by atoms with E-state index in [2.05, 4.69) is 0 Å². The summed E-state index contributed by atoms with van der Waals surface area (Å²) < 4.78 is 29.3. The van der Waals surface area contributed by atoms with Gasteiger partial charge >= 0.3 is 5.97 Å². The van der Waals surface area contributed by atoms with Crippen LogP contribution in [0.4, 0.5) is 8.78 Å². The molecule has 0 bridgehead atoms. The molecular formula is C12H13F2NO4S. The van der Waals surface area contributed by atoms with Crippen LogP contribution >= 0.6 is 11.8 Å². The summed E-state index contributed by atoms with van der Waals surface area (Å²) in [6, 6.07) is 2.78. The Morgan fingerprint density at radius 2 is 2.15 bits per heavy atom. The molecule has 0 radical (unpaired) electrons. The van der Waals surface area contributed by atoms with Crippen LogP contribution in [-0.2, 0) is 10.5 Å². The number of hydrogen-bond donors (Lipinski definition) is 1. The highest BCUT2D eigenvalue weighted by Crippen LogP contribution is 2.29. The summed E-state index contributed by atoms with van der Waals surface area (Å²) in [6.07, 6.45) is 1.54. The van der Waals surface area contributed by atoms with Crippen molar-refractivity contribution >= 4 is 23.6 Å². The number of alkyl halides is 2. The van der Waals surface area contributed by atoms with Gasteiger partial charge in [0.25, 0.3) is 11.7 Å². The molecule has 1 amide bonds. The molecule has 2 rings (SSSR count). The third-order valence-electron chi connectivity index (χ3n) is 2.78. The number of amides is 1. The maximum Gasteiger partial charge on any atom is 0.323 e. The molecule has 1 aliphatic rings. The number of thioether (sulfide) groups is 1. The Morgan fingerprint density at radius 3 is 2.70 bits per heavy atom. The van der Waals surface area contributed by atoms with Crippen LogP contribution in [0.3, 0.4) is 0 Å². The number of rotatable bonds is 7. The van der Waals surface area contributed by atoms with Gasteiger partial charge in [0, 0.05) is 6.04 Å². The summed E-state index contributed by atoms with van der Waals surface area (Å²) in [5.41, 5.74) is 0. The van der Waals surface area contributed by atoms with Gasteiger partial charge in [0.15, 0.2) is 5.76 Å². The van der Waals surface area contributed by atoms with Crippen molar-refractivity contribution in [1.29, 1.82) is 0 Å². The highest BCUT2D eigenvalue weighted by molar-refractivity contribution is 7.98. The number of aliphatic carboxylic acids is 1. The van der Waals surface area contributed by atoms with Gasteiger partial charge in [0.2, 0.25) is 0 Å². The van der Waals surface area contributed by atoms with Crippen LogP contribution in [0.2, 0.25) is 0 Å². The zero-order valence-electron chi connectivity index (χ0n) is 10.4. The SMILES string of the molecule is O=C(O)CN(C(=O)c1ccc(CSC(F)F)o1)C1CC1. The van der Waals surface area contributed by atoms with E-state index in [4.69, 9.17) is 9.52 Å². The minimum Gasteiger partial charge on any atom is -0.480 e. The third kappa shape index (κ3) is 3.96. The second-order valence-electron chi connectivity index (χ2n) is 4.40. The van der Waals surface area contributed by atoms with Gasteiger partial charge in [-0.1, -0.05) is 11.8 Å². The van der Waals surface area contributed by atoms with Crippen LogP contribution in [0.5, 0.6) is 0 Å². The number of halogens is 2. The number of carboxylic acid groups (broad SMARTS) is 1. The number of hydrogen-bond acceptors (Lipinski definition) is 4. The number of carbonyl (C=O) groups excluding carboxylic acids is 1. The van der Waals surface area contributed by atoms with Gasteiger partial charge < -0.3 is 14.4 Å². The van der Waals surface area contributed by atoms with Gasteiger partial charge in [0.1, 0.15) is 12.3 Å². The molecule has 20 heavy (non-hydrogen) atoms. The van der Waals surface area contributed by atoms with E-state index >= 15 is 0 Å². The second-order valence-corrected chi connectivity index (χ2v) is 5.37. The zero-order valence-corrected chi connectivity index (χ0v) is 11.2. The molecule has 0 saturated heterocycles. The van der Waals surface area contributed by atoms with E-state index in [1.165, 1.54) is 17.0 Å². The van der Waals surface area contributed by atoms with Crippen molar-refractivity contribution in [3.8, 4) is 0 Å². The minimum atomic E-state index is -2.51. The molecule has 8 heteroatoms. The highest BCUT2D eigenvalue weighted by atomic mass is 32.2. The molecule has 1 saturated carbocycles. The predicted octanol–water partition coefficient (Wildman–Crippen LogP) is 2.42. The van der Waals surface area contributed by atoms with Crippen molar-refractivity contribution < 1.29 is 27.9 Å². The number of furan rings is 1. The van der Waals surface area contributed by atoms with Gasteiger partial charge in [0.05, 0.1) is 5.75 Å². The summed E-state index contributed by atoms with van der Waals surface area (Å²) in [6.45, 7) is -0.384. The monoisotopic (exact) mass is 305 g/mol. The predicted molar refractivity (Wildman–Crippen MR) is 67.7 cm³/mol. The fourth-order valence-electron chi connectivity index (χ4n) is 1.76. The third-order valence-corrected chi connectivity index (χ3v) is 3.48. The fraction of sp³-hybridized carbons (Fsp3) is 0.500. The van der Waals surface area contributed by atoms with Crippen LogP contribution in [0, 0.1) is 0 Å². The van der Waals surface area contributed by atoms with E-state index in [9.17, 15) is 18.4 Å². The summed E-state index contributed by atoms with van der Waals surface area (Å²) >= 11 is 0.401. The first-order valence-corrected chi connectivity index (χ1v) is 7.03. The van der Waals surface area contributed by atoms with Gasteiger partial charge in [-0.2, -0.15) is 8.78 Å². The van der Waals surface area contributed by atoms with Gasteiger partial charge in [-0.3, -0.25) is 9.59 Å². The maximum absolute atomic E-state index is 12.1. The quantitative estimate of drug-likeness (QED) is 0.837. The second kappa shape index (κ2) is 6.25. The molecule has 1 fully saturated rings. The highest BCUT2D eigenvalue weighted by Gasteiger charge is 2.35. The molecule has 0 aromatic carbocycles. The molecule has 1 N–H and O–H groups in total. The van der Waals surface area contributed by atoms with E-state index in [-0.39, 0.29) is 29.9 Å². The normalized spacial score (nSPS) is 14.6. The molecule has 1 aromatic rings. The first-order chi connectivity index (χ1) is 9.47. The molecule has 110 valence electrons. The van der Waals surface area contributed by atoms with Crippen molar-refractivity contribution in [2.24, 2.45) is 0 Å². The van der Waals surface area contributed by atoms with E-state index in [0.717, 1.165) is 12.8 Å².